The van der Waals surface area contributed by atoms with Crippen molar-refractivity contribution in [2.24, 2.45) is 0 Å². The smallest absolute Gasteiger partial charge is 0.0468 e. The van der Waals surface area contributed by atoms with Crippen molar-refractivity contribution in [2.45, 2.75) is 19.3 Å². The zero-order valence-electron chi connectivity index (χ0n) is 34.2. The second-order valence-electron chi connectivity index (χ2n) is 17.0. The van der Waals surface area contributed by atoms with Crippen LogP contribution in [0.1, 0.15) is 25.0 Å². The standard InChI is InChI=1S/C59H42N2/c1-59(2)56-23-13-22-53-54-37-48(60(44-17-5-3-6-18-44)46-28-26-39-14-9-10-16-41(39)34-46)29-27-43(54)36-55(58(53)56)52-33-31-49(38-57(52)59)61(45-19-7-4-8-20-45)47-30-32-51-42(35-47)25-24-40-15-11-12-21-50(40)51/h3-38H,1-2H3. The molecule has 2 heteroatoms. The Labute approximate surface area is 356 Å². The molecule has 0 radical (unpaired) electrons. The van der Waals surface area contributed by atoms with E-state index in [9.17, 15) is 0 Å². The van der Waals surface area contributed by atoms with Crippen LogP contribution in [0.25, 0.3) is 65.0 Å². The average molecular weight is 779 g/mol. The highest BCUT2D eigenvalue weighted by Gasteiger charge is 2.35. The summed E-state index contributed by atoms with van der Waals surface area (Å²) in [4.78, 5) is 4.80. The van der Waals surface area contributed by atoms with Crippen molar-refractivity contribution in [2.75, 3.05) is 9.80 Å². The monoisotopic (exact) mass is 778 g/mol. The first-order chi connectivity index (χ1) is 30.0. The molecule has 11 aromatic carbocycles. The van der Waals surface area contributed by atoms with E-state index in [1.807, 2.05) is 0 Å². The van der Waals surface area contributed by atoms with Gasteiger partial charge in [-0.3, -0.25) is 0 Å². The summed E-state index contributed by atoms with van der Waals surface area (Å²) in [6.07, 6.45) is 0. The number of anilines is 6. The molecule has 0 saturated carbocycles. The van der Waals surface area contributed by atoms with Crippen LogP contribution in [0.15, 0.2) is 218 Å². The molecule has 288 valence electrons. The maximum atomic E-state index is 2.45. The lowest BCUT2D eigenvalue weighted by Gasteiger charge is -2.37. The molecule has 0 unspecified atom stereocenters. The lowest BCUT2D eigenvalue weighted by molar-refractivity contribution is 0.645. The van der Waals surface area contributed by atoms with Gasteiger partial charge in [0.2, 0.25) is 0 Å². The van der Waals surface area contributed by atoms with Gasteiger partial charge in [-0.25, -0.2) is 0 Å². The predicted octanol–water partition coefficient (Wildman–Crippen LogP) is 16.7. The minimum absolute atomic E-state index is 0.255. The fourth-order valence-electron chi connectivity index (χ4n) is 10.1. The second-order valence-corrected chi connectivity index (χ2v) is 17.0. The summed E-state index contributed by atoms with van der Waals surface area (Å²) in [7, 11) is 0. The van der Waals surface area contributed by atoms with Crippen molar-refractivity contribution in [3.63, 3.8) is 0 Å². The molecule has 0 fully saturated rings. The second kappa shape index (κ2) is 13.7. The summed E-state index contributed by atoms with van der Waals surface area (Å²) in [6.45, 7) is 4.80. The van der Waals surface area contributed by atoms with E-state index in [-0.39, 0.29) is 5.41 Å². The quantitative estimate of drug-likeness (QED) is 0.155. The maximum Gasteiger partial charge on any atom is 0.0468 e. The van der Waals surface area contributed by atoms with Crippen molar-refractivity contribution >= 4 is 88.0 Å². The Hall–Kier alpha value is -7.68. The van der Waals surface area contributed by atoms with Gasteiger partial charge in [-0.1, -0.05) is 153 Å². The summed E-state index contributed by atoms with van der Waals surface area (Å²) in [6, 6.07) is 80.5. The van der Waals surface area contributed by atoms with Crippen LogP contribution in [0, 0.1) is 0 Å². The van der Waals surface area contributed by atoms with Gasteiger partial charge in [0.1, 0.15) is 0 Å². The van der Waals surface area contributed by atoms with Crippen molar-refractivity contribution in [3.8, 4) is 11.1 Å². The SMILES string of the molecule is CC1(C)c2cc(N(c3ccccc3)c3ccc4c(ccc5ccccc54)c3)ccc2-c2cc3ccc(N(c4ccccc4)c4ccc5ccccc5c4)cc3c3cccc1c23. The Bertz CT molecular complexity index is 3510. The first-order valence-corrected chi connectivity index (χ1v) is 21.3. The number of nitrogens with zero attached hydrogens (tertiary/aromatic N) is 2. The number of hydrogen-bond donors (Lipinski definition) is 0. The topological polar surface area (TPSA) is 6.48 Å². The van der Waals surface area contributed by atoms with Gasteiger partial charge < -0.3 is 9.80 Å². The largest absolute Gasteiger partial charge is 0.310 e. The third-order valence-corrected chi connectivity index (χ3v) is 13.1. The van der Waals surface area contributed by atoms with Crippen molar-refractivity contribution in [3.05, 3.63) is 230 Å². The molecule has 0 bridgehead atoms. The lowest BCUT2D eigenvalue weighted by Crippen LogP contribution is -2.24. The van der Waals surface area contributed by atoms with Crippen LogP contribution in [0.2, 0.25) is 0 Å². The van der Waals surface area contributed by atoms with Gasteiger partial charge in [0.25, 0.3) is 0 Å². The molecule has 0 atom stereocenters. The molecule has 0 aromatic heterocycles. The van der Waals surface area contributed by atoms with Crippen LogP contribution in [0.4, 0.5) is 34.1 Å². The Morgan fingerprint density at radius 3 is 1.54 bits per heavy atom. The van der Waals surface area contributed by atoms with Gasteiger partial charge in [-0.2, -0.15) is 0 Å². The van der Waals surface area contributed by atoms with Gasteiger partial charge in [-0.05, 0) is 155 Å². The molecule has 0 heterocycles. The Morgan fingerprint density at radius 1 is 0.279 bits per heavy atom. The molecule has 0 saturated heterocycles. The molecule has 12 rings (SSSR count). The van der Waals surface area contributed by atoms with Gasteiger partial charge in [0.15, 0.2) is 0 Å². The van der Waals surface area contributed by atoms with E-state index in [1.54, 1.807) is 0 Å². The van der Waals surface area contributed by atoms with Gasteiger partial charge in [0, 0.05) is 39.5 Å². The number of fused-ring (bicyclic) bond motifs is 8. The highest BCUT2D eigenvalue weighted by molar-refractivity contribution is 6.18. The van der Waals surface area contributed by atoms with Crippen molar-refractivity contribution in [1.29, 1.82) is 0 Å². The molecule has 0 N–H and O–H groups in total. The first-order valence-electron chi connectivity index (χ1n) is 21.3. The summed E-state index contributed by atoms with van der Waals surface area (Å²) < 4.78 is 0. The number of benzene rings is 11. The zero-order chi connectivity index (χ0) is 40.7. The molecule has 0 aliphatic heterocycles. The summed E-state index contributed by atoms with van der Waals surface area (Å²) >= 11 is 0. The highest BCUT2D eigenvalue weighted by Crippen LogP contribution is 2.52. The number of para-hydroxylation sites is 2. The van der Waals surface area contributed by atoms with Crippen LogP contribution >= 0.6 is 0 Å². The van der Waals surface area contributed by atoms with Crippen molar-refractivity contribution in [1.82, 2.24) is 0 Å². The molecule has 0 spiro atoms. The molecular weight excluding hydrogens is 737 g/mol. The first kappa shape index (κ1) is 35.3. The maximum absolute atomic E-state index is 2.45. The van der Waals surface area contributed by atoms with E-state index in [2.05, 4.69) is 242 Å². The fraction of sp³-hybridized carbons (Fsp3) is 0.0508. The summed E-state index contributed by atoms with van der Waals surface area (Å²) in [5.41, 5.74) is 11.9. The van der Waals surface area contributed by atoms with E-state index in [1.165, 1.54) is 76.1 Å². The van der Waals surface area contributed by atoms with Crippen LogP contribution < -0.4 is 9.80 Å². The van der Waals surface area contributed by atoms with Gasteiger partial charge >= 0.3 is 0 Å². The van der Waals surface area contributed by atoms with Crippen LogP contribution in [-0.4, -0.2) is 0 Å². The molecular formula is C59H42N2. The summed E-state index contributed by atoms with van der Waals surface area (Å²) in [5.74, 6) is 0. The molecule has 0 amide bonds. The lowest BCUT2D eigenvalue weighted by atomic mass is 9.68. The van der Waals surface area contributed by atoms with Crippen molar-refractivity contribution < 1.29 is 0 Å². The number of hydrogen-bond acceptors (Lipinski definition) is 2. The van der Waals surface area contributed by atoms with E-state index in [4.69, 9.17) is 0 Å². The number of rotatable bonds is 6. The molecule has 2 nitrogen and oxygen atoms in total. The van der Waals surface area contributed by atoms with Gasteiger partial charge in [-0.15, -0.1) is 0 Å². The van der Waals surface area contributed by atoms with E-state index in [0.717, 1.165) is 34.1 Å². The van der Waals surface area contributed by atoms with Gasteiger partial charge in [0.05, 0.1) is 0 Å². The third kappa shape index (κ3) is 5.64. The Kier molecular flexibility index (Phi) is 7.92. The van der Waals surface area contributed by atoms with E-state index >= 15 is 0 Å². The minimum Gasteiger partial charge on any atom is -0.310 e. The van der Waals surface area contributed by atoms with E-state index in [0.29, 0.717) is 0 Å². The van der Waals surface area contributed by atoms with Crippen LogP contribution in [0.3, 0.4) is 0 Å². The third-order valence-electron chi connectivity index (χ3n) is 13.1. The van der Waals surface area contributed by atoms with E-state index < -0.39 is 0 Å². The minimum atomic E-state index is -0.255. The average Bonchev–Trinajstić information content (AvgIpc) is 3.31. The highest BCUT2D eigenvalue weighted by atomic mass is 15.1. The molecule has 61 heavy (non-hydrogen) atoms. The Balaban J connectivity index is 1.02. The zero-order valence-corrected chi connectivity index (χ0v) is 34.2. The molecule has 11 aromatic rings. The molecule has 1 aliphatic rings. The van der Waals surface area contributed by atoms with Crippen LogP contribution in [-0.2, 0) is 5.41 Å². The normalized spacial score (nSPS) is 12.9. The predicted molar refractivity (Wildman–Crippen MR) is 261 cm³/mol. The van der Waals surface area contributed by atoms with Crippen LogP contribution in [0.5, 0.6) is 0 Å². The Morgan fingerprint density at radius 2 is 0.787 bits per heavy atom. The summed E-state index contributed by atoms with van der Waals surface area (Å²) in [5, 5.41) is 12.6. The fourth-order valence-corrected chi connectivity index (χ4v) is 10.1. The molecule has 1 aliphatic carbocycles.